The van der Waals surface area contributed by atoms with Crippen molar-refractivity contribution in [2.24, 2.45) is 0 Å². The van der Waals surface area contributed by atoms with Crippen LogP contribution in [0.25, 0.3) is 0 Å². The molecule has 2 N–H and O–H groups in total. The van der Waals surface area contributed by atoms with Gasteiger partial charge < -0.3 is 15.3 Å². The summed E-state index contributed by atoms with van der Waals surface area (Å²) in [4.78, 5) is 14.6. The molecule has 0 bridgehead atoms. The van der Waals surface area contributed by atoms with Crippen LogP contribution in [-0.2, 0) is 13.0 Å². The number of carbonyl (C=O) groups is 1. The summed E-state index contributed by atoms with van der Waals surface area (Å²) in [6, 6.07) is 18.2. The number of fused-ring (bicyclic) bond motifs is 1. The summed E-state index contributed by atoms with van der Waals surface area (Å²) in [7, 11) is 0. The van der Waals surface area contributed by atoms with Gasteiger partial charge in [0.05, 0.1) is 6.04 Å². The van der Waals surface area contributed by atoms with Crippen molar-refractivity contribution in [1.29, 1.82) is 0 Å². The van der Waals surface area contributed by atoms with E-state index in [1.165, 1.54) is 11.1 Å². The topological polar surface area (TPSA) is 52.6 Å². The van der Waals surface area contributed by atoms with E-state index in [4.69, 9.17) is 5.11 Å². The molecule has 0 aliphatic carbocycles. The molecular weight excluding hydrogens is 300 g/mol. The number of aliphatic hydroxyl groups is 1. The lowest BCUT2D eigenvalue weighted by atomic mass is 10.00. The number of nitrogens with one attached hydrogen (secondary N) is 1. The van der Waals surface area contributed by atoms with E-state index in [-0.39, 0.29) is 18.7 Å². The fraction of sp³-hybridized carbons (Fsp3) is 0.350. The summed E-state index contributed by atoms with van der Waals surface area (Å²) >= 11 is 0. The maximum absolute atomic E-state index is 12.7. The number of rotatable bonds is 5. The number of nitrogens with zero attached hydrogens (tertiary/aromatic N) is 1. The van der Waals surface area contributed by atoms with Gasteiger partial charge in [-0.15, -0.1) is 0 Å². The van der Waals surface area contributed by atoms with E-state index in [2.05, 4.69) is 23.5 Å². The molecule has 0 saturated heterocycles. The van der Waals surface area contributed by atoms with Crippen LogP contribution in [0.2, 0.25) is 0 Å². The average Bonchev–Trinajstić information content (AvgIpc) is 2.65. The Bertz CT molecular complexity index is 672. The van der Waals surface area contributed by atoms with Crippen molar-refractivity contribution in [3.05, 3.63) is 71.3 Å². The summed E-state index contributed by atoms with van der Waals surface area (Å²) in [5.41, 5.74) is 3.64. The number of aliphatic hydroxyl groups excluding tert-OH is 1. The second-order valence-corrected chi connectivity index (χ2v) is 6.22. The van der Waals surface area contributed by atoms with Gasteiger partial charge in [-0.2, -0.15) is 0 Å². The lowest BCUT2D eigenvalue weighted by Gasteiger charge is -2.31. The highest BCUT2D eigenvalue weighted by molar-refractivity contribution is 5.75. The van der Waals surface area contributed by atoms with E-state index >= 15 is 0 Å². The third kappa shape index (κ3) is 3.95. The number of hydrogen-bond donors (Lipinski definition) is 2. The second-order valence-electron chi connectivity index (χ2n) is 6.22. The van der Waals surface area contributed by atoms with Crippen LogP contribution in [0.3, 0.4) is 0 Å². The minimum Gasteiger partial charge on any atom is -0.396 e. The first-order valence-electron chi connectivity index (χ1n) is 8.56. The van der Waals surface area contributed by atoms with E-state index in [1.54, 1.807) is 0 Å². The molecule has 2 amide bonds. The standard InChI is InChI=1S/C20H24N2O2/c23-14-6-11-19(17-8-2-1-3-9-17)21-20(24)22-13-12-16-7-4-5-10-18(16)15-22/h1-5,7-10,19,23H,6,11-15H2,(H,21,24). The number of amides is 2. The Hall–Kier alpha value is -2.33. The van der Waals surface area contributed by atoms with Crippen LogP contribution in [0.4, 0.5) is 4.79 Å². The van der Waals surface area contributed by atoms with Crippen molar-refractivity contribution in [2.45, 2.75) is 31.8 Å². The third-order valence-electron chi connectivity index (χ3n) is 4.57. The summed E-state index contributed by atoms with van der Waals surface area (Å²) in [6.45, 7) is 1.53. The van der Waals surface area contributed by atoms with E-state index < -0.39 is 0 Å². The Morgan fingerprint density at radius 1 is 1.08 bits per heavy atom. The lowest BCUT2D eigenvalue weighted by Crippen LogP contribution is -2.44. The normalized spacial score (nSPS) is 14.8. The van der Waals surface area contributed by atoms with Crippen LogP contribution in [0.5, 0.6) is 0 Å². The predicted molar refractivity (Wildman–Crippen MR) is 94.6 cm³/mol. The van der Waals surface area contributed by atoms with Crippen LogP contribution >= 0.6 is 0 Å². The quantitative estimate of drug-likeness (QED) is 0.887. The number of urea groups is 1. The zero-order chi connectivity index (χ0) is 16.8. The number of carbonyl (C=O) groups excluding carboxylic acids is 1. The number of benzene rings is 2. The monoisotopic (exact) mass is 324 g/mol. The van der Waals surface area contributed by atoms with Crippen molar-refractivity contribution >= 4 is 6.03 Å². The molecule has 1 heterocycles. The van der Waals surface area contributed by atoms with Crippen LogP contribution < -0.4 is 5.32 Å². The molecule has 2 aromatic carbocycles. The lowest BCUT2D eigenvalue weighted by molar-refractivity contribution is 0.186. The van der Waals surface area contributed by atoms with Gasteiger partial charge in [-0.25, -0.2) is 4.79 Å². The fourth-order valence-electron chi connectivity index (χ4n) is 3.21. The maximum atomic E-state index is 12.7. The minimum absolute atomic E-state index is 0.0312. The van der Waals surface area contributed by atoms with E-state index in [0.717, 1.165) is 24.9 Å². The molecule has 4 nitrogen and oxygen atoms in total. The molecule has 3 rings (SSSR count). The van der Waals surface area contributed by atoms with Gasteiger partial charge in [0.2, 0.25) is 0 Å². The van der Waals surface area contributed by atoms with Crippen LogP contribution in [0.15, 0.2) is 54.6 Å². The van der Waals surface area contributed by atoms with Gasteiger partial charge in [0, 0.05) is 19.7 Å². The molecule has 2 aromatic rings. The largest absolute Gasteiger partial charge is 0.396 e. The first-order chi connectivity index (χ1) is 11.8. The van der Waals surface area contributed by atoms with Crippen molar-refractivity contribution in [1.82, 2.24) is 10.2 Å². The van der Waals surface area contributed by atoms with Crippen LogP contribution in [0.1, 0.15) is 35.6 Å². The van der Waals surface area contributed by atoms with Gasteiger partial charge in [0.25, 0.3) is 0 Å². The van der Waals surface area contributed by atoms with Crippen molar-refractivity contribution in [3.63, 3.8) is 0 Å². The smallest absolute Gasteiger partial charge is 0.318 e. The van der Waals surface area contributed by atoms with Crippen LogP contribution in [0, 0.1) is 0 Å². The van der Waals surface area contributed by atoms with Gasteiger partial charge in [-0.3, -0.25) is 0 Å². The molecule has 4 heteroatoms. The number of hydrogen-bond acceptors (Lipinski definition) is 2. The minimum atomic E-state index is -0.0666. The van der Waals surface area contributed by atoms with Crippen molar-refractivity contribution in [3.8, 4) is 0 Å². The van der Waals surface area contributed by atoms with Gasteiger partial charge in [-0.05, 0) is 36.0 Å². The van der Waals surface area contributed by atoms with Gasteiger partial charge in [-0.1, -0.05) is 54.6 Å². The molecule has 0 saturated carbocycles. The molecule has 0 radical (unpaired) electrons. The second kappa shape index (κ2) is 7.97. The molecule has 0 fully saturated rings. The van der Waals surface area contributed by atoms with E-state index in [9.17, 15) is 4.79 Å². The predicted octanol–water partition coefficient (Wildman–Crippen LogP) is 3.27. The first-order valence-corrected chi connectivity index (χ1v) is 8.56. The molecule has 0 aromatic heterocycles. The Kier molecular flexibility index (Phi) is 5.49. The van der Waals surface area contributed by atoms with Gasteiger partial charge in [0.1, 0.15) is 0 Å². The fourth-order valence-corrected chi connectivity index (χ4v) is 3.21. The summed E-state index contributed by atoms with van der Waals surface area (Å²) in [6.07, 6.45) is 2.30. The molecule has 1 atom stereocenters. The first kappa shape index (κ1) is 16.5. The highest BCUT2D eigenvalue weighted by Gasteiger charge is 2.23. The molecule has 24 heavy (non-hydrogen) atoms. The molecular formula is C20H24N2O2. The molecule has 126 valence electrons. The SMILES string of the molecule is O=C(NC(CCCO)c1ccccc1)N1CCc2ccccc2C1. The molecule has 1 aliphatic rings. The Morgan fingerprint density at radius 3 is 2.54 bits per heavy atom. The van der Waals surface area contributed by atoms with Crippen molar-refractivity contribution in [2.75, 3.05) is 13.2 Å². The van der Waals surface area contributed by atoms with E-state index in [1.807, 2.05) is 41.3 Å². The Labute approximate surface area is 143 Å². The van der Waals surface area contributed by atoms with Gasteiger partial charge in [0.15, 0.2) is 0 Å². The molecule has 0 spiro atoms. The van der Waals surface area contributed by atoms with Crippen molar-refractivity contribution < 1.29 is 9.90 Å². The average molecular weight is 324 g/mol. The zero-order valence-corrected chi connectivity index (χ0v) is 13.8. The maximum Gasteiger partial charge on any atom is 0.318 e. The van der Waals surface area contributed by atoms with Gasteiger partial charge >= 0.3 is 6.03 Å². The Balaban J connectivity index is 1.67. The Morgan fingerprint density at radius 2 is 1.79 bits per heavy atom. The van der Waals surface area contributed by atoms with E-state index in [0.29, 0.717) is 13.0 Å². The highest BCUT2D eigenvalue weighted by Crippen LogP contribution is 2.21. The summed E-state index contributed by atoms with van der Waals surface area (Å²) < 4.78 is 0. The van der Waals surface area contributed by atoms with Crippen LogP contribution in [-0.4, -0.2) is 29.2 Å². The summed E-state index contributed by atoms with van der Waals surface area (Å²) in [5.74, 6) is 0. The molecule has 1 aliphatic heterocycles. The molecule has 1 unspecified atom stereocenters. The zero-order valence-electron chi connectivity index (χ0n) is 13.8. The summed E-state index contributed by atoms with van der Waals surface area (Å²) in [5, 5.41) is 12.3. The third-order valence-corrected chi connectivity index (χ3v) is 4.57. The highest BCUT2D eigenvalue weighted by atomic mass is 16.3.